The Morgan fingerprint density at radius 2 is 0.926 bits per heavy atom. The summed E-state index contributed by atoms with van der Waals surface area (Å²) in [5.74, 6) is -0.628. The molecule has 1 aliphatic rings. The zero-order chi connectivity index (χ0) is 40.1. The van der Waals surface area contributed by atoms with E-state index in [1.165, 1.54) is 24.3 Å². The fourth-order valence-corrected chi connectivity index (χ4v) is 6.90. The minimum Gasteiger partial charge on any atom is -0.508 e. The van der Waals surface area contributed by atoms with E-state index in [0.29, 0.717) is 17.1 Å². The number of hydrogen-bond donors (Lipinski definition) is 1. The molecule has 1 aliphatic carbocycles. The van der Waals surface area contributed by atoms with Crippen LogP contribution in [0.5, 0.6) is 23.0 Å². The van der Waals surface area contributed by atoms with Crippen LogP contribution in [0, 0.1) is 10.8 Å². The van der Waals surface area contributed by atoms with Gasteiger partial charge in [-0.1, -0.05) is 79.7 Å². The van der Waals surface area contributed by atoms with Crippen LogP contribution in [0.25, 0.3) is 0 Å². The Hall–Kier alpha value is -5.35. The summed E-state index contributed by atoms with van der Waals surface area (Å²) >= 11 is 0. The Labute approximate surface area is 318 Å². The third kappa shape index (κ3) is 9.23. The topological polar surface area (TPSA) is 127 Å². The Kier molecular flexibility index (Phi) is 12.5. The summed E-state index contributed by atoms with van der Waals surface area (Å²) in [5.41, 5.74) is 0.948. The molecule has 1 N–H and O–H groups in total. The normalized spacial score (nSPS) is 17.1. The highest BCUT2D eigenvalue weighted by molar-refractivity contribution is 5.90. The van der Waals surface area contributed by atoms with Gasteiger partial charge in [0.25, 0.3) is 0 Å². The highest BCUT2D eigenvalue weighted by Gasteiger charge is 2.66. The van der Waals surface area contributed by atoms with Crippen LogP contribution in [0.1, 0.15) is 101 Å². The predicted molar refractivity (Wildman–Crippen MR) is 205 cm³/mol. The van der Waals surface area contributed by atoms with Crippen LogP contribution in [-0.2, 0) is 19.6 Å². The van der Waals surface area contributed by atoms with Gasteiger partial charge >= 0.3 is 18.1 Å². The standard InChI is InChI=1S/C42H46O10.C2H6/c1-39(2,28-14-18-30(43)19-15-28)29-16-24-32(25-17-29)49-38(46)48-31-20-10-26(11-21-31)34(44)50-36-40(3,4)37(41(36,5)6)51-35(45)27-12-22-33(23-13-27)52-42(7,8)47-9;1-2/h10-25,36-37,43H,1-9H3;1-2H3. The molecule has 0 aromatic heterocycles. The number of aromatic hydroxyl groups is 1. The molecule has 0 saturated heterocycles. The molecule has 0 bridgehead atoms. The quantitative estimate of drug-likeness (QED) is 0.0902. The molecule has 1 saturated carbocycles. The van der Waals surface area contributed by atoms with Gasteiger partial charge in [-0.15, -0.1) is 0 Å². The second-order valence-electron chi connectivity index (χ2n) is 15.1. The number of carbonyl (C=O) groups is 3. The molecule has 0 spiro atoms. The van der Waals surface area contributed by atoms with Gasteiger partial charge in [-0.2, -0.15) is 0 Å². The van der Waals surface area contributed by atoms with Crippen molar-refractivity contribution in [3.63, 3.8) is 0 Å². The summed E-state index contributed by atoms with van der Waals surface area (Å²) in [5, 5.41) is 9.62. The second kappa shape index (κ2) is 16.3. The van der Waals surface area contributed by atoms with Gasteiger partial charge in [0.2, 0.25) is 5.79 Å². The van der Waals surface area contributed by atoms with Crippen molar-refractivity contribution in [3.05, 3.63) is 119 Å². The van der Waals surface area contributed by atoms with E-state index in [1.807, 2.05) is 65.8 Å². The lowest BCUT2D eigenvalue weighted by atomic mass is 9.51. The van der Waals surface area contributed by atoms with Crippen molar-refractivity contribution in [2.45, 2.75) is 92.6 Å². The van der Waals surface area contributed by atoms with Crippen molar-refractivity contribution in [2.24, 2.45) is 10.8 Å². The Morgan fingerprint density at radius 1 is 0.574 bits per heavy atom. The Morgan fingerprint density at radius 3 is 1.31 bits per heavy atom. The molecule has 4 aromatic carbocycles. The first-order valence-corrected chi connectivity index (χ1v) is 18.0. The summed E-state index contributed by atoms with van der Waals surface area (Å²) in [6.45, 7) is 19.3. The van der Waals surface area contributed by atoms with Crippen LogP contribution in [-0.4, -0.2) is 48.3 Å². The van der Waals surface area contributed by atoms with Crippen molar-refractivity contribution < 1.29 is 47.9 Å². The molecule has 0 atom stereocenters. The van der Waals surface area contributed by atoms with E-state index >= 15 is 0 Å². The molecule has 5 rings (SSSR count). The van der Waals surface area contributed by atoms with E-state index in [0.717, 1.165) is 11.1 Å². The fraction of sp³-hybridized carbons (Fsp3) is 0.386. The third-order valence-electron chi connectivity index (χ3n) is 9.76. The Bertz CT molecular complexity index is 1870. The predicted octanol–water partition coefficient (Wildman–Crippen LogP) is 9.90. The first-order valence-electron chi connectivity index (χ1n) is 18.0. The number of methoxy groups -OCH3 is 1. The van der Waals surface area contributed by atoms with Crippen LogP contribution in [0.3, 0.4) is 0 Å². The van der Waals surface area contributed by atoms with E-state index in [1.54, 1.807) is 69.5 Å². The third-order valence-corrected chi connectivity index (χ3v) is 9.76. The number of carbonyl (C=O) groups excluding carboxylic acids is 3. The maximum absolute atomic E-state index is 13.2. The molecular formula is C44H52O10. The molecule has 0 amide bonds. The Balaban J connectivity index is 0.00000319. The zero-order valence-corrected chi connectivity index (χ0v) is 33.0. The van der Waals surface area contributed by atoms with Gasteiger partial charge in [0.05, 0.1) is 11.1 Å². The number of benzene rings is 4. The number of ether oxygens (including phenoxy) is 6. The smallest absolute Gasteiger partial charge is 0.508 e. The number of phenols is 1. The van der Waals surface area contributed by atoms with Gasteiger partial charge in [0, 0.05) is 37.2 Å². The van der Waals surface area contributed by atoms with Crippen molar-refractivity contribution in [3.8, 4) is 23.0 Å². The summed E-state index contributed by atoms with van der Waals surface area (Å²) in [6, 6.07) is 26.7. The van der Waals surface area contributed by atoms with Crippen molar-refractivity contribution in [1.82, 2.24) is 0 Å². The molecule has 1 fully saturated rings. The number of hydrogen-bond acceptors (Lipinski definition) is 10. The number of esters is 2. The van der Waals surface area contributed by atoms with Crippen LogP contribution < -0.4 is 14.2 Å². The summed E-state index contributed by atoms with van der Waals surface area (Å²) in [4.78, 5) is 38.8. The average molecular weight is 741 g/mol. The molecule has 0 radical (unpaired) electrons. The van der Waals surface area contributed by atoms with Gasteiger partial charge < -0.3 is 33.5 Å². The van der Waals surface area contributed by atoms with Gasteiger partial charge in [-0.05, 0) is 83.9 Å². The summed E-state index contributed by atoms with van der Waals surface area (Å²) in [7, 11) is 1.55. The van der Waals surface area contributed by atoms with Gasteiger partial charge in [0.15, 0.2) is 0 Å². The van der Waals surface area contributed by atoms with E-state index in [9.17, 15) is 19.5 Å². The summed E-state index contributed by atoms with van der Waals surface area (Å²) < 4.78 is 33.7. The first kappa shape index (κ1) is 41.4. The molecule has 0 aliphatic heterocycles. The molecule has 10 heteroatoms. The van der Waals surface area contributed by atoms with Crippen molar-refractivity contribution >= 4 is 18.1 Å². The molecular weight excluding hydrogens is 688 g/mol. The van der Waals surface area contributed by atoms with Gasteiger partial charge in [0.1, 0.15) is 35.2 Å². The molecule has 288 valence electrons. The summed E-state index contributed by atoms with van der Waals surface area (Å²) in [6.07, 6.45) is -2.02. The number of phenolic OH excluding ortho intramolecular Hbond substituents is 1. The lowest BCUT2D eigenvalue weighted by Gasteiger charge is -2.61. The molecule has 0 heterocycles. The van der Waals surface area contributed by atoms with Gasteiger partial charge in [-0.3, -0.25) is 0 Å². The molecule has 4 aromatic rings. The first-order chi connectivity index (χ1) is 25.3. The molecule has 54 heavy (non-hydrogen) atoms. The monoisotopic (exact) mass is 740 g/mol. The van der Waals surface area contributed by atoms with E-state index < -0.39 is 46.9 Å². The minimum absolute atomic E-state index is 0.185. The van der Waals surface area contributed by atoms with Crippen LogP contribution in [0.2, 0.25) is 0 Å². The molecule has 10 nitrogen and oxygen atoms in total. The van der Waals surface area contributed by atoms with Crippen LogP contribution in [0.4, 0.5) is 4.79 Å². The van der Waals surface area contributed by atoms with Crippen molar-refractivity contribution in [2.75, 3.05) is 7.11 Å². The SMILES string of the molecule is CC.COC(C)(C)Oc1ccc(C(=O)OC2C(C)(C)C(OC(=O)c3ccc(OC(=O)Oc4ccc(C(C)(C)c5ccc(O)cc5)cc4)cc3)C2(C)C)cc1. The fourth-order valence-electron chi connectivity index (χ4n) is 6.90. The largest absolute Gasteiger partial charge is 0.519 e. The van der Waals surface area contributed by atoms with Crippen LogP contribution >= 0.6 is 0 Å². The van der Waals surface area contributed by atoms with Gasteiger partial charge in [-0.25, -0.2) is 14.4 Å². The highest BCUT2D eigenvalue weighted by Crippen LogP contribution is 2.57. The minimum atomic E-state index is -0.932. The van der Waals surface area contributed by atoms with Crippen LogP contribution in [0.15, 0.2) is 97.1 Å². The lowest BCUT2D eigenvalue weighted by Crippen LogP contribution is -2.69. The second-order valence-corrected chi connectivity index (χ2v) is 15.1. The zero-order valence-electron chi connectivity index (χ0n) is 33.0. The van der Waals surface area contributed by atoms with E-state index in [4.69, 9.17) is 28.4 Å². The molecule has 0 unspecified atom stereocenters. The number of rotatable bonds is 11. The highest BCUT2D eigenvalue weighted by atomic mass is 16.7. The van der Waals surface area contributed by atoms with E-state index in [2.05, 4.69) is 13.8 Å². The maximum Gasteiger partial charge on any atom is 0.519 e. The maximum atomic E-state index is 13.2. The lowest BCUT2D eigenvalue weighted by molar-refractivity contribution is -0.246. The van der Waals surface area contributed by atoms with E-state index in [-0.39, 0.29) is 22.5 Å². The van der Waals surface area contributed by atoms with Crippen molar-refractivity contribution in [1.29, 1.82) is 0 Å². The average Bonchev–Trinajstić information content (AvgIpc) is 3.14.